The summed E-state index contributed by atoms with van der Waals surface area (Å²) in [5, 5.41) is 17.7. The van der Waals surface area contributed by atoms with Gasteiger partial charge in [-0.2, -0.15) is 10.2 Å². The lowest BCUT2D eigenvalue weighted by molar-refractivity contribution is 0.0683. The Bertz CT molecular complexity index is 638. The molecule has 0 bridgehead atoms. The molecule has 0 aliphatic carbocycles. The maximum atomic E-state index is 11.0. The summed E-state index contributed by atoms with van der Waals surface area (Å²) in [6.45, 7) is 2.00. The molecule has 0 amide bonds. The Morgan fingerprint density at radius 3 is 2.68 bits per heavy atom. The molecule has 6 nitrogen and oxygen atoms in total. The molecule has 1 heterocycles. The number of hydrogen-bond acceptors (Lipinski definition) is 5. The van der Waals surface area contributed by atoms with Gasteiger partial charge in [-0.25, -0.2) is 4.79 Å². The number of aromatic nitrogens is 1. The van der Waals surface area contributed by atoms with E-state index >= 15 is 0 Å². The van der Waals surface area contributed by atoms with Crippen LogP contribution in [0.3, 0.4) is 0 Å². The number of hydrogen-bond donors (Lipinski definition) is 1. The molecular weight excluding hydrogens is 248 g/mol. The first-order valence-electron chi connectivity index (χ1n) is 5.53. The molecule has 0 unspecified atom stereocenters. The average Bonchev–Trinajstić information content (AvgIpc) is 2.83. The van der Waals surface area contributed by atoms with Gasteiger partial charge in [-0.3, -0.25) is 0 Å². The maximum absolute atomic E-state index is 11.0. The van der Waals surface area contributed by atoms with E-state index in [9.17, 15) is 4.79 Å². The van der Waals surface area contributed by atoms with Gasteiger partial charge in [-0.05, 0) is 31.2 Å². The number of carboxylic acids is 1. The first-order valence-corrected chi connectivity index (χ1v) is 5.53. The number of benzene rings is 1. The van der Waals surface area contributed by atoms with Gasteiger partial charge in [0, 0.05) is 5.56 Å². The molecule has 0 fully saturated rings. The minimum atomic E-state index is -1.22. The number of rotatable bonds is 4. The van der Waals surface area contributed by atoms with Crippen molar-refractivity contribution in [2.45, 2.75) is 6.92 Å². The topological polar surface area (TPSA) is 96.4 Å². The van der Waals surface area contributed by atoms with Gasteiger partial charge < -0.3 is 14.3 Å². The van der Waals surface area contributed by atoms with Crippen LogP contribution in [0, 0.1) is 11.3 Å². The van der Waals surface area contributed by atoms with E-state index in [0.29, 0.717) is 11.1 Å². The van der Waals surface area contributed by atoms with Gasteiger partial charge in [0.2, 0.25) is 11.6 Å². The van der Waals surface area contributed by atoms with Crippen LogP contribution in [0.5, 0.6) is 5.95 Å². The van der Waals surface area contributed by atoms with E-state index < -0.39 is 5.97 Å². The van der Waals surface area contributed by atoms with Gasteiger partial charge in [0.25, 0.3) is 0 Å². The van der Waals surface area contributed by atoms with E-state index in [-0.39, 0.29) is 24.1 Å². The monoisotopic (exact) mass is 258 g/mol. The number of nitrogens with zero attached hydrogens (tertiary/aromatic N) is 2. The van der Waals surface area contributed by atoms with Gasteiger partial charge in [0.15, 0.2) is 0 Å². The largest absolute Gasteiger partial charge is 0.476 e. The Hall–Kier alpha value is -2.81. The van der Waals surface area contributed by atoms with Gasteiger partial charge >= 0.3 is 11.9 Å². The average molecular weight is 258 g/mol. The van der Waals surface area contributed by atoms with Crippen LogP contribution in [0.2, 0.25) is 0 Å². The minimum absolute atomic E-state index is 0.116. The highest BCUT2D eigenvalue weighted by molar-refractivity contribution is 5.88. The highest BCUT2D eigenvalue weighted by Crippen LogP contribution is 2.27. The Balaban J connectivity index is 2.42. The fraction of sp³-hybridized carbons (Fsp3) is 0.154. The van der Waals surface area contributed by atoms with Gasteiger partial charge in [-0.15, -0.1) is 0 Å². The molecular formula is C13H10N2O4. The smallest absolute Gasteiger partial charge is 0.362 e. The van der Waals surface area contributed by atoms with E-state index in [1.807, 2.05) is 6.07 Å². The summed E-state index contributed by atoms with van der Waals surface area (Å²) in [5.74, 6) is -1.19. The summed E-state index contributed by atoms with van der Waals surface area (Å²) < 4.78 is 10.4. The first kappa shape index (κ1) is 12.6. The third-order valence-corrected chi connectivity index (χ3v) is 2.34. The quantitative estimate of drug-likeness (QED) is 0.903. The molecule has 0 aliphatic heterocycles. The summed E-state index contributed by atoms with van der Waals surface area (Å²) in [7, 11) is 0. The van der Waals surface area contributed by atoms with Crippen molar-refractivity contribution in [3.63, 3.8) is 0 Å². The van der Waals surface area contributed by atoms with Gasteiger partial charge in [-0.1, -0.05) is 0 Å². The molecule has 2 rings (SSSR count). The van der Waals surface area contributed by atoms with Crippen molar-refractivity contribution in [3.8, 4) is 23.5 Å². The molecule has 1 N–H and O–H groups in total. The molecule has 6 heteroatoms. The van der Waals surface area contributed by atoms with Crippen molar-refractivity contribution in [1.82, 2.24) is 4.98 Å². The van der Waals surface area contributed by atoms with Gasteiger partial charge in [0.05, 0.1) is 18.2 Å². The van der Waals surface area contributed by atoms with Crippen molar-refractivity contribution in [3.05, 3.63) is 35.5 Å². The van der Waals surface area contributed by atoms with Crippen LogP contribution in [-0.4, -0.2) is 22.7 Å². The summed E-state index contributed by atoms with van der Waals surface area (Å²) in [4.78, 5) is 14.9. The number of carboxylic acid groups (broad SMARTS) is 1. The number of nitriles is 1. The van der Waals surface area contributed by atoms with Crippen molar-refractivity contribution >= 4 is 5.97 Å². The van der Waals surface area contributed by atoms with Crippen LogP contribution in [0.1, 0.15) is 23.0 Å². The second-order valence-electron chi connectivity index (χ2n) is 3.58. The molecule has 96 valence electrons. The fourth-order valence-corrected chi connectivity index (χ4v) is 1.48. The maximum Gasteiger partial charge on any atom is 0.362 e. The molecule has 19 heavy (non-hydrogen) atoms. The van der Waals surface area contributed by atoms with Crippen molar-refractivity contribution in [2.75, 3.05) is 6.61 Å². The molecule has 0 aliphatic rings. The number of aromatic carboxylic acids is 1. The van der Waals surface area contributed by atoms with E-state index in [0.717, 1.165) is 0 Å². The highest BCUT2D eigenvalue weighted by atomic mass is 16.6. The molecule has 0 atom stereocenters. The van der Waals surface area contributed by atoms with E-state index in [1.54, 1.807) is 31.2 Å². The van der Waals surface area contributed by atoms with Crippen LogP contribution < -0.4 is 4.74 Å². The normalized spacial score (nSPS) is 9.89. The lowest BCUT2D eigenvalue weighted by Gasteiger charge is -1.97. The van der Waals surface area contributed by atoms with E-state index in [2.05, 4.69) is 4.98 Å². The predicted octanol–water partition coefficient (Wildman–Crippen LogP) is 2.31. The van der Waals surface area contributed by atoms with Crippen LogP contribution >= 0.6 is 0 Å². The summed E-state index contributed by atoms with van der Waals surface area (Å²) in [5.41, 5.74) is 0.812. The zero-order chi connectivity index (χ0) is 13.8. The molecule has 1 aromatic heterocycles. The zero-order valence-corrected chi connectivity index (χ0v) is 10.1. The lowest BCUT2D eigenvalue weighted by atomic mass is 10.1. The van der Waals surface area contributed by atoms with E-state index in [4.69, 9.17) is 19.5 Å². The Kier molecular flexibility index (Phi) is 3.48. The Morgan fingerprint density at radius 2 is 2.16 bits per heavy atom. The van der Waals surface area contributed by atoms with Crippen LogP contribution in [0.4, 0.5) is 0 Å². The van der Waals surface area contributed by atoms with Crippen LogP contribution in [0.15, 0.2) is 28.7 Å². The predicted molar refractivity (Wildman–Crippen MR) is 64.8 cm³/mol. The van der Waals surface area contributed by atoms with Crippen LogP contribution in [-0.2, 0) is 0 Å². The second kappa shape index (κ2) is 5.23. The number of ether oxygens (including phenoxy) is 1. The summed E-state index contributed by atoms with van der Waals surface area (Å²) in [6, 6.07) is 8.45. The summed E-state index contributed by atoms with van der Waals surface area (Å²) >= 11 is 0. The number of carbonyl (C=O) groups is 1. The molecule has 0 saturated heterocycles. The molecule has 1 aromatic carbocycles. The number of oxazole rings is 1. The highest BCUT2D eigenvalue weighted by Gasteiger charge is 2.21. The molecule has 2 aromatic rings. The van der Waals surface area contributed by atoms with Gasteiger partial charge in [0.1, 0.15) is 0 Å². The third kappa shape index (κ3) is 2.55. The first-order chi connectivity index (χ1) is 9.15. The molecule has 0 spiro atoms. The summed E-state index contributed by atoms with van der Waals surface area (Å²) in [6.07, 6.45) is 0. The SMILES string of the molecule is CCOc1oc(-c2ccc(C#N)cc2)nc1C(=O)O. The lowest BCUT2D eigenvalue weighted by Crippen LogP contribution is -2.01. The van der Waals surface area contributed by atoms with Crippen molar-refractivity contribution < 1.29 is 19.1 Å². The Morgan fingerprint density at radius 1 is 1.47 bits per heavy atom. The fourth-order valence-electron chi connectivity index (χ4n) is 1.48. The van der Waals surface area contributed by atoms with Crippen LogP contribution in [0.25, 0.3) is 11.5 Å². The van der Waals surface area contributed by atoms with Crippen molar-refractivity contribution in [1.29, 1.82) is 5.26 Å². The van der Waals surface area contributed by atoms with E-state index in [1.165, 1.54) is 0 Å². The second-order valence-corrected chi connectivity index (χ2v) is 3.58. The molecule has 0 radical (unpaired) electrons. The zero-order valence-electron chi connectivity index (χ0n) is 10.1. The third-order valence-electron chi connectivity index (χ3n) is 2.34. The minimum Gasteiger partial charge on any atom is -0.476 e. The Labute approximate surface area is 108 Å². The van der Waals surface area contributed by atoms with Crippen molar-refractivity contribution in [2.24, 2.45) is 0 Å². The molecule has 0 saturated carbocycles. The standard InChI is InChI=1S/C13H10N2O4/c1-2-18-13-10(12(16)17)15-11(19-13)9-5-3-8(7-14)4-6-9/h3-6H,2H2,1H3,(H,16,17).